The van der Waals surface area contributed by atoms with Gasteiger partial charge >= 0.3 is 0 Å². The first-order valence-corrected chi connectivity index (χ1v) is 9.63. The summed E-state index contributed by atoms with van der Waals surface area (Å²) < 4.78 is 27.7. The Morgan fingerprint density at radius 1 is 1.38 bits per heavy atom. The summed E-state index contributed by atoms with van der Waals surface area (Å²) in [6.07, 6.45) is 2.44. The van der Waals surface area contributed by atoms with Gasteiger partial charge in [-0.3, -0.25) is 0 Å². The fraction of sp³-hybridized carbons (Fsp3) is 0.600. The highest BCUT2D eigenvalue weighted by Gasteiger charge is 2.28. The van der Waals surface area contributed by atoms with Gasteiger partial charge in [0.05, 0.1) is 4.90 Å². The lowest BCUT2D eigenvalue weighted by Gasteiger charge is -2.25. The van der Waals surface area contributed by atoms with Crippen molar-refractivity contribution in [3.63, 3.8) is 0 Å². The van der Waals surface area contributed by atoms with Crippen molar-refractivity contribution in [2.45, 2.75) is 57.1 Å². The molecule has 2 rings (SSSR count). The fourth-order valence-electron chi connectivity index (χ4n) is 2.34. The quantitative estimate of drug-likeness (QED) is 0.797. The van der Waals surface area contributed by atoms with E-state index in [0.29, 0.717) is 28.5 Å². The van der Waals surface area contributed by atoms with E-state index in [9.17, 15) is 8.42 Å². The van der Waals surface area contributed by atoms with Gasteiger partial charge in [-0.05, 0) is 60.3 Å². The monoisotopic (exact) mass is 374 g/mol. The molecule has 4 nitrogen and oxygen atoms in total. The maximum atomic E-state index is 12.8. The Morgan fingerprint density at radius 2 is 2.05 bits per heavy atom. The van der Waals surface area contributed by atoms with Crippen LogP contribution in [0.5, 0.6) is 0 Å². The third-order valence-electron chi connectivity index (χ3n) is 3.64. The van der Waals surface area contributed by atoms with Crippen LogP contribution >= 0.6 is 15.9 Å². The van der Waals surface area contributed by atoms with E-state index in [2.05, 4.69) is 21.2 Å². The molecule has 0 radical (unpaired) electrons. The molecule has 1 saturated carbocycles. The van der Waals surface area contributed by atoms with Gasteiger partial charge in [-0.1, -0.05) is 13.0 Å². The number of halogens is 1. The largest absolute Gasteiger partial charge is 0.310 e. The van der Waals surface area contributed by atoms with Crippen molar-refractivity contribution in [3.8, 4) is 0 Å². The summed E-state index contributed by atoms with van der Waals surface area (Å²) in [5.41, 5.74) is 1.00. The Hall–Kier alpha value is -0.430. The number of hydrogen-bond acceptors (Lipinski definition) is 3. The van der Waals surface area contributed by atoms with Crippen molar-refractivity contribution in [1.29, 1.82) is 0 Å². The molecule has 0 aliphatic heterocycles. The van der Waals surface area contributed by atoms with Crippen LogP contribution in [0.15, 0.2) is 27.6 Å². The van der Waals surface area contributed by atoms with Crippen LogP contribution in [0, 0.1) is 0 Å². The van der Waals surface area contributed by atoms with Crippen LogP contribution in [-0.2, 0) is 16.6 Å². The molecule has 1 aromatic rings. The minimum atomic E-state index is -3.47. The topological polar surface area (TPSA) is 49.4 Å². The van der Waals surface area contributed by atoms with Crippen LogP contribution in [0.4, 0.5) is 0 Å². The molecule has 0 saturated heterocycles. The SMILES string of the molecule is CCN(C(C)C)S(=O)(=O)c1cc(CNC2CC2)ccc1Br. The van der Waals surface area contributed by atoms with Gasteiger partial charge in [-0.2, -0.15) is 4.31 Å². The predicted molar refractivity (Wildman–Crippen MR) is 88.7 cm³/mol. The lowest BCUT2D eigenvalue weighted by atomic mass is 10.2. The van der Waals surface area contributed by atoms with E-state index in [-0.39, 0.29) is 6.04 Å². The zero-order chi connectivity index (χ0) is 15.6. The van der Waals surface area contributed by atoms with E-state index >= 15 is 0 Å². The van der Waals surface area contributed by atoms with Crippen molar-refractivity contribution in [3.05, 3.63) is 28.2 Å². The number of sulfonamides is 1. The molecule has 0 bridgehead atoms. The molecular weight excluding hydrogens is 352 g/mol. The van der Waals surface area contributed by atoms with Crippen molar-refractivity contribution in [1.82, 2.24) is 9.62 Å². The normalized spacial score (nSPS) is 15.9. The van der Waals surface area contributed by atoms with Gasteiger partial charge in [0.1, 0.15) is 0 Å². The van der Waals surface area contributed by atoms with E-state index in [0.717, 1.165) is 5.56 Å². The van der Waals surface area contributed by atoms with Crippen LogP contribution in [0.3, 0.4) is 0 Å². The summed E-state index contributed by atoms with van der Waals surface area (Å²) in [5, 5.41) is 3.41. The summed E-state index contributed by atoms with van der Waals surface area (Å²) in [5.74, 6) is 0. The summed E-state index contributed by atoms with van der Waals surface area (Å²) in [6.45, 7) is 6.84. The van der Waals surface area contributed by atoms with Crippen LogP contribution in [0.2, 0.25) is 0 Å². The van der Waals surface area contributed by atoms with Crippen LogP contribution in [0.25, 0.3) is 0 Å². The highest BCUT2D eigenvalue weighted by atomic mass is 79.9. The zero-order valence-corrected chi connectivity index (χ0v) is 15.2. The number of nitrogens with zero attached hydrogens (tertiary/aromatic N) is 1. The minimum absolute atomic E-state index is 0.0554. The summed E-state index contributed by atoms with van der Waals surface area (Å²) in [7, 11) is -3.47. The van der Waals surface area contributed by atoms with Gasteiger partial charge in [0.25, 0.3) is 0 Å². The van der Waals surface area contributed by atoms with Crippen molar-refractivity contribution in [2.75, 3.05) is 6.54 Å². The molecule has 0 aromatic heterocycles. The molecule has 0 atom stereocenters. The molecule has 1 aromatic carbocycles. The number of rotatable bonds is 7. The molecule has 0 amide bonds. The van der Waals surface area contributed by atoms with Crippen molar-refractivity contribution < 1.29 is 8.42 Å². The van der Waals surface area contributed by atoms with E-state index in [1.165, 1.54) is 17.1 Å². The van der Waals surface area contributed by atoms with Gasteiger partial charge in [-0.15, -0.1) is 0 Å². The second-order valence-electron chi connectivity index (χ2n) is 5.72. The smallest absolute Gasteiger partial charge is 0.244 e. The Balaban J connectivity index is 2.29. The van der Waals surface area contributed by atoms with E-state index in [1.54, 1.807) is 6.07 Å². The number of benzene rings is 1. The van der Waals surface area contributed by atoms with E-state index < -0.39 is 10.0 Å². The average molecular weight is 375 g/mol. The first-order chi connectivity index (χ1) is 9.86. The first kappa shape index (κ1) is 16.9. The van der Waals surface area contributed by atoms with Crippen LogP contribution < -0.4 is 5.32 Å². The molecule has 118 valence electrons. The molecule has 1 aliphatic carbocycles. The molecule has 0 heterocycles. The van der Waals surface area contributed by atoms with Crippen molar-refractivity contribution >= 4 is 26.0 Å². The molecule has 0 spiro atoms. The Labute approximate surface area is 136 Å². The highest BCUT2D eigenvalue weighted by molar-refractivity contribution is 9.10. The first-order valence-electron chi connectivity index (χ1n) is 7.40. The molecule has 0 unspecified atom stereocenters. The third kappa shape index (κ3) is 4.06. The maximum absolute atomic E-state index is 12.8. The Bertz CT molecular complexity index is 598. The molecule has 1 N–H and O–H groups in total. The van der Waals surface area contributed by atoms with E-state index in [1.807, 2.05) is 32.9 Å². The van der Waals surface area contributed by atoms with Crippen molar-refractivity contribution in [2.24, 2.45) is 0 Å². The van der Waals surface area contributed by atoms with E-state index in [4.69, 9.17) is 0 Å². The molecule has 1 aliphatic rings. The summed E-state index contributed by atoms with van der Waals surface area (Å²) >= 11 is 3.38. The third-order valence-corrected chi connectivity index (χ3v) is 6.79. The minimum Gasteiger partial charge on any atom is -0.310 e. The maximum Gasteiger partial charge on any atom is 0.244 e. The molecule has 1 fully saturated rings. The number of hydrogen-bond donors (Lipinski definition) is 1. The standard InChI is InChI=1S/C15H23BrN2O2S/c1-4-18(11(2)3)21(19,20)15-9-12(5-8-14(15)16)10-17-13-6-7-13/h5,8-9,11,13,17H,4,6-7,10H2,1-3H3. The van der Waals surface area contributed by atoms with Gasteiger partial charge in [0, 0.05) is 29.6 Å². The highest BCUT2D eigenvalue weighted by Crippen LogP contribution is 2.28. The van der Waals surface area contributed by atoms with Gasteiger partial charge in [0.2, 0.25) is 10.0 Å². The molecule has 21 heavy (non-hydrogen) atoms. The van der Waals surface area contributed by atoms with Gasteiger partial charge < -0.3 is 5.32 Å². The number of nitrogens with one attached hydrogen (secondary N) is 1. The predicted octanol–water partition coefficient (Wildman–Crippen LogP) is 3.12. The molecular formula is C15H23BrN2O2S. The van der Waals surface area contributed by atoms with Gasteiger partial charge in [-0.25, -0.2) is 8.42 Å². The lowest BCUT2D eigenvalue weighted by Crippen LogP contribution is -2.36. The Kier molecular flexibility index (Phi) is 5.46. The summed E-state index contributed by atoms with van der Waals surface area (Å²) in [6, 6.07) is 6.12. The fourth-order valence-corrected chi connectivity index (χ4v) is 4.97. The van der Waals surface area contributed by atoms with Crippen LogP contribution in [0.1, 0.15) is 39.2 Å². The lowest BCUT2D eigenvalue weighted by molar-refractivity contribution is 0.369. The Morgan fingerprint density at radius 3 is 2.57 bits per heavy atom. The summed E-state index contributed by atoms with van der Waals surface area (Å²) in [4.78, 5) is 0.355. The second-order valence-corrected chi connectivity index (χ2v) is 8.44. The zero-order valence-electron chi connectivity index (χ0n) is 12.8. The van der Waals surface area contributed by atoms with Crippen LogP contribution in [-0.4, -0.2) is 31.4 Å². The second kappa shape index (κ2) is 6.77. The average Bonchev–Trinajstić information content (AvgIpc) is 3.21. The van der Waals surface area contributed by atoms with Gasteiger partial charge in [0.15, 0.2) is 0 Å². The molecule has 6 heteroatoms.